The number of nitrogens with zero attached hydrogens (tertiary/aromatic N) is 1. The van der Waals surface area contributed by atoms with Crippen molar-refractivity contribution in [2.45, 2.75) is 58.3 Å². The van der Waals surface area contributed by atoms with Crippen LogP contribution in [0.1, 0.15) is 39.7 Å². The van der Waals surface area contributed by atoms with Crippen LogP contribution in [0.5, 0.6) is 5.75 Å². The van der Waals surface area contributed by atoms with E-state index in [2.05, 4.69) is 36.3 Å². The quantitative estimate of drug-likeness (QED) is 0.812. The van der Waals surface area contributed by atoms with E-state index in [0.29, 0.717) is 12.6 Å². The molecule has 0 saturated heterocycles. The van der Waals surface area contributed by atoms with Crippen LogP contribution < -0.4 is 10.1 Å². The van der Waals surface area contributed by atoms with Gasteiger partial charge >= 0.3 is 6.09 Å². The third kappa shape index (κ3) is 5.41. The minimum Gasteiger partial charge on any atom is -0.488 e. The molecule has 0 bridgehead atoms. The first kappa shape index (κ1) is 18.6. The molecule has 0 fully saturated rings. The van der Waals surface area contributed by atoms with E-state index in [1.807, 2.05) is 32.9 Å². The molecule has 0 radical (unpaired) electrons. The van der Waals surface area contributed by atoms with Crippen LogP contribution >= 0.6 is 0 Å². The van der Waals surface area contributed by atoms with Crippen molar-refractivity contribution in [3.05, 3.63) is 29.8 Å². The van der Waals surface area contributed by atoms with Crippen molar-refractivity contribution >= 4 is 6.09 Å². The number of fused-ring (bicyclic) bond motifs is 1. The van der Waals surface area contributed by atoms with Gasteiger partial charge in [0, 0.05) is 19.0 Å². The fourth-order valence-corrected chi connectivity index (χ4v) is 2.80. The van der Waals surface area contributed by atoms with Crippen LogP contribution in [0.3, 0.4) is 0 Å². The molecule has 1 N–H and O–H groups in total. The standard InChI is InChI=1S/C19H30N2O3/c1-14(17-13-15-9-6-7-10-16(15)23-17)21(5)12-8-11-20-18(22)24-19(2,3)4/h6-7,9-10,14,17H,8,11-13H2,1-5H3,(H,20,22)/t14-,17+/m1/s1. The van der Waals surface area contributed by atoms with Crippen LogP contribution in [-0.2, 0) is 11.2 Å². The van der Waals surface area contributed by atoms with Crippen molar-refractivity contribution in [1.29, 1.82) is 0 Å². The molecule has 5 heteroatoms. The maximum absolute atomic E-state index is 11.6. The normalized spacial score (nSPS) is 18.0. The lowest BCUT2D eigenvalue weighted by Crippen LogP contribution is -2.42. The zero-order valence-electron chi connectivity index (χ0n) is 15.5. The highest BCUT2D eigenvalue weighted by molar-refractivity contribution is 5.67. The molecule has 5 nitrogen and oxygen atoms in total. The first-order chi connectivity index (χ1) is 11.3. The Bertz CT molecular complexity index is 529. The minimum absolute atomic E-state index is 0.186. The number of benzene rings is 1. The molecule has 0 aliphatic carbocycles. The van der Waals surface area contributed by atoms with Crippen LogP contribution in [0.15, 0.2) is 24.3 Å². The van der Waals surface area contributed by atoms with E-state index in [0.717, 1.165) is 25.1 Å². The third-order valence-corrected chi connectivity index (χ3v) is 4.26. The average Bonchev–Trinajstić information content (AvgIpc) is 2.92. The number of nitrogens with one attached hydrogen (secondary N) is 1. The van der Waals surface area contributed by atoms with Gasteiger partial charge in [0.25, 0.3) is 0 Å². The van der Waals surface area contributed by atoms with Gasteiger partial charge in [0.1, 0.15) is 17.5 Å². The molecule has 2 atom stereocenters. The van der Waals surface area contributed by atoms with E-state index in [4.69, 9.17) is 9.47 Å². The molecule has 0 unspecified atom stereocenters. The van der Waals surface area contributed by atoms with Crippen molar-refractivity contribution in [3.63, 3.8) is 0 Å². The van der Waals surface area contributed by atoms with Gasteiger partial charge in [0.2, 0.25) is 0 Å². The molecular formula is C19H30N2O3. The molecule has 0 saturated carbocycles. The Morgan fingerprint density at radius 3 is 2.79 bits per heavy atom. The summed E-state index contributed by atoms with van der Waals surface area (Å²) in [6.07, 6.45) is 1.66. The third-order valence-electron chi connectivity index (χ3n) is 4.26. The predicted molar refractivity (Wildman–Crippen MR) is 95.5 cm³/mol. The summed E-state index contributed by atoms with van der Waals surface area (Å²) in [6, 6.07) is 8.55. The fraction of sp³-hybridized carbons (Fsp3) is 0.632. The Balaban J connectivity index is 1.68. The highest BCUT2D eigenvalue weighted by Crippen LogP contribution is 2.30. The fourth-order valence-electron chi connectivity index (χ4n) is 2.80. The first-order valence-corrected chi connectivity index (χ1v) is 8.68. The second-order valence-electron chi connectivity index (χ2n) is 7.47. The summed E-state index contributed by atoms with van der Waals surface area (Å²) in [5, 5.41) is 2.80. The predicted octanol–water partition coefficient (Wildman–Crippen LogP) is 3.23. The number of hydrogen-bond donors (Lipinski definition) is 1. The van der Waals surface area contributed by atoms with Gasteiger partial charge in [0.05, 0.1) is 0 Å². The number of rotatable bonds is 6. The lowest BCUT2D eigenvalue weighted by atomic mass is 10.0. The number of carbonyl (C=O) groups excluding carboxylic acids is 1. The van der Waals surface area contributed by atoms with Gasteiger partial charge in [-0.05, 0) is 59.3 Å². The van der Waals surface area contributed by atoms with Crippen molar-refractivity contribution in [2.75, 3.05) is 20.1 Å². The summed E-state index contributed by atoms with van der Waals surface area (Å²) >= 11 is 0. The van der Waals surface area contributed by atoms with E-state index >= 15 is 0 Å². The van der Waals surface area contributed by atoms with Gasteiger partial charge in [-0.2, -0.15) is 0 Å². The number of carbonyl (C=O) groups is 1. The molecule has 2 rings (SSSR count). The summed E-state index contributed by atoms with van der Waals surface area (Å²) in [5.74, 6) is 1.01. The molecular weight excluding hydrogens is 304 g/mol. The molecule has 1 aliphatic rings. The van der Waals surface area contributed by atoms with Gasteiger partial charge in [-0.1, -0.05) is 18.2 Å². The van der Waals surface area contributed by atoms with Crippen LogP contribution in [0, 0.1) is 0 Å². The number of amides is 1. The van der Waals surface area contributed by atoms with Gasteiger partial charge < -0.3 is 14.8 Å². The van der Waals surface area contributed by atoms with Crippen LogP contribution in [0.25, 0.3) is 0 Å². The van der Waals surface area contributed by atoms with E-state index < -0.39 is 5.60 Å². The number of para-hydroxylation sites is 1. The molecule has 134 valence electrons. The second-order valence-corrected chi connectivity index (χ2v) is 7.47. The summed E-state index contributed by atoms with van der Waals surface area (Å²) in [4.78, 5) is 13.9. The lowest BCUT2D eigenvalue weighted by molar-refractivity contribution is 0.0523. The summed E-state index contributed by atoms with van der Waals surface area (Å²) < 4.78 is 11.3. The zero-order valence-corrected chi connectivity index (χ0v) is 15.5. The topological polar surface area (TPSA) is 50.8 Å². The molecule has 0 aromatic heterocycles. The number of alkyl carbamates (subject to hydrolysis) is 1. The SMILES string of the molecule is C[C@H]([C@@H]1Cc2ccccc2O1)N(C)CCCNC(=O)OC(C)(C)C. The molecule has 1 heterocycles. The molecule has 1 aromatic rings. The lowest BCUT2D eigenvalue weighted by Gasteiger charge is -2.29. The van der Waals surface area contributed by atoms with Crippen molar-refractivity contribution in [3.8, 4) is 5.75 Å². The Kier molecular flexibility index (Phi) is 6.10. The molecule has 1 aliphatic heterocycles. The molecule has 24 heavy (non-hydrogen) atoms. The highest BCUT2D eigenvalue weighted by atomic mass is 16.6. The van der Waals surface area contributed by atoms with Gasteiger partial charge in [-0.3, -0.25) is 4.90 Å². The minimum atomic E-state index is -0.454. The number of hydrogen-bond acceptors (Lipinski definition) is 4. The number of ether oxygens (including phenoxy) is 2. The first-order valence-electron chi connectivity index (χ1n) is 8.68. The Hall–Kier alpha value is -1.75. The summed E-state index contributed by atoms with van der Waals surface area (Å²) in [6.45, 7) is 9.29. The summed E-state index contributed by atoms with van der Waals surface area (Å²) in [7, 11) is 2.10. The number of likely N-dealkylation sites (N-methyl/N-ethyl adjacent to an activating group) is 1. The van der Waals surface area contributed by atoms with Gasteiger partial charge in [-0.25, -0.2) is 4.79 Å². The van der Waals surface area contributed by atoms with E-state index in [1.165, 1.54) is 5.56 Å². The molecule has 1 amide bonds. The van der Waals surface area contributed by atoms with Gasteiger partial charge in [0.15, 0.2) is 0 Å². The maximum atomic E-state index is 11.6. The maximum Gasteiger partial charge on any atom is 0.407 e. The van der Waals surface area contributed by atoms with Crippen molar-refractivity contribution in [1.82, 2.24) is 10.2 Å². The van der Waals surface area contributed by atoms with E-state index in [1.54, 1.807) is 0 Å². The zero-order chi connectivity index (χ0) is 17.7. The monoisotopic (exact) mass is 334 g/mol. The van der Waals surface area contributed by atoms with Crippen LogP contribution in [-0.4, -0.2) is 48.9 Å². The Morgan fingerprint density at radius 1 is 1.42 bits per heavy atom. The summed E-state index contributed by atoms with van der Waals surface area (Å²) in [5.41, 5.74) is 0.832. The van der Waals surface area contributed by atoms with E-state index in [9.17, 15) is 4.79 Å². The van der Waals surface area contributed by atoms with Crippen LogP contribution in [0.4, 0.5) is 4.79 Å². The Labute approximate surface area is 145 Å². The van der Waals surface area contributed by atoms with E-state index in [-0.39, 0.29) is 12.2 Å². The van der Waals surface area contributed by atoms with Gasteiger partial charge in [-0.15, -0.1) is 0 Å². The smallest absolute Gasteiger partial charge is 0.407 e. The van der Waals surface area contributed by atoms with Crippen molar-refractivity contribution < 1.29 is 14.3 Å². The van der Waals surface area contributed by atoms with Crippen LogP contribution in [0.2, 0.25) is 0 Å². The highest BCUT2D eigenvalue weighted by Gasteiger charge is 2.29. The molecule has 1 aromatic carbocycles. The largest absolute Gasteiger partial charge is 0.488 e. The molecule has 0 spiro atoms. The van der Waals surface area contributed by atoms with Crippen molar-refractivity contribution in [2.24, 2.45) is 0 Å². The average molecular weight is 334 g/mol. The Morgan fingerprint density at radius 2 is 2.12 bits per heavy atom. The second kappa shape index (κ2) is 7.88.